The van der Waals surface area contributed by atoms with Crippen molar-refractivity contribution in [2.75, 3.05) is 7.11 Å². The molecule has 0 spiro atoms. The van der Waals surface area contributed by atoms with E-state index >= 15 is 0 Å². The van der Waals surface area contributed by atoms with E-state index < -0.39 is 0 Å². The van der Waals surface area contributed by atoms with Gasteiger partial charge < -0.3 is 9.57 Å². The van der Waals surface area contributed by atoms with Crippen molar-refractivity contribution in [3.05, 3.63) is 70.8 Å². The maximum Gasteiger partial charge on any atom is 0.337 e. The lowest BCUT2D eigenvalue weighted by Gasteiger charge is -2.00. The number of carbonyl (C=O) groups is 1. The monoisotopic (exact) mass is 294 g/mol. The number of nitrogens with zero attached hydrogens (tertiary/aromatic N) is 2. The summed E-state index contributed by atoms with van der Waals surface area (Å²) in [5, 5.41) is 12.6. The van der Waals surface area contributed by atoms with Gasteiger partial charge in [0.15, 0.2) is 0 Å². The quantitative estimate of drug-likeness (QED) is 0.483. The molecule has 0 atom stereocenters. The number of benzene rings is 2. The zero-order valence-electron chi connectivity index (χ0n) is 12.0. The second-order valence-electron chi connectivity index (χ2n) is 4.43. The first-order valence-electron chi connectivity index (χ1n) is 6.55. The molecule has 2 aromatic rings. The van der Waals surface area contributed by atoms with E-state index in [2.05, 4.69) is 16.0 Å². The van der Waals surface area contributed by atoms with Crippen LogP contribution in [-0.4, -0.2) is 19.3 Å². The van der Waals surface area contributed by atoms with Crippen molar-refractivity contribution < 1.29 is 14.4 Å². The highest BCUT2D eigenvalue weighted by Gasteiger charge is 2.03. The van der Waals surface area contributed by atoms with E-state index in [9.17, 15) is 4.79 Å². The largest absolute Gasteiger partial charge is 0.465 e. The summed E-state index contributed by atoms with van der Waals surface area (Å²) < 4.78 is 4.62. The van der Waals surface area contributed by atoms with Gasteiger partial charge in [0.25, 0.3) is 0 Å². The van der Waals surface area contributed by atoms with E-state index in [-0.39, 0.29) is 5.97 Å². The summed E-state index contributed by atoms with van der Waals surface area (Å²) in [7, 11) is 1.34. The Labute approximate surface area is 128 Å². The third-order valence-corrected chi connectivity index (χ3v) is 2.92. The van der Waals surface area contributed by atoms with Crippen LogP contribution in [0.4, 0.5) is 0 Å². The molecule has 2 rings (SSSR count). The lowest BCUT2D eigenvalue weighted by atomic mass is 10.1. The van der Waals surface area contributed by atoms with Crippen LogP contribution in [0.5, 0.6) is 0 Å². The topological polar surface area (TPSA) is 71.7 Å². The second kappa shape index (κ2) is 7.60. The summed E-state index contributed by atoms with van der Waals surface area (Å²) in [6.07, 6.45) is 1.56. The van der Waals surface area contributed by atoms with Gasteiger partial charge in [0.2, 0.25) is 0 Å². The summed E-state index contributed by atoms with van der Waals surface area (Å²) >= 11 is 0. The minimum Gasteiger partial charge on any atom is -0.465 e. The third kappa shape index (κ3) is 4.18. The molecule has 0 unspecified atom stereocenters. The van der Waals surface area contributed by atoms with E-state index in [1.807, 2.05) is 12.1 Å². The molecule has 22 heavy (non-hydrogen) atoms. The highest BCUT2D eigenvalue weighted by atomic mass is 16.6. The molecule has 2 aromatic carbocycles. The average Bonchev–Trinajstić information content (AvgIpc) is 2.59. The van der Waals surface area contributed by atoms with Crippen LogP contribution in [0.2, 0.25) is 0 Å². The molecule has 0 aliphatic rings. The molecule has 0 aliphatic carbocycles. The van der Waals surface area contributed by atoms with Crippen LogP contribution in [-0.2, 0) is 16.2 Å². The van der Waals surface area contributed by atoms with Crippen molar-refractivity contribution in [2.24, 2.45) is 5.16 Å². The van der Waals surface area contributed by atoms with E-state index in [1.165, 1.54) is 7.11 Å². The molecule has 5 nitrogen and oxygen atoms in total. The van der Waals surface area contributed by atoms with Gasteiger partial charge in [-0.05, 0) is 35.4 Å². The van der Waals surface area contributed by atoms with Gasteiger partial charge in [0.1, 0.15) is 6.61 Å². The minimum atomic E-state index is -0.374. The highest BCUT2D eigenvalue weighted by molar-refractivity contribution is 5.90. The predicted molar refractivity (Wildman–Crippen MR) is 81.3 cm³/mol. The number of hydrogen-bond acceptors (Lipinski definition) is 5. The number of nitriles is 1. The molecule has 0 heterocycles. The molecule has 0 radical (unpaired) electrons. The lowest BCUT2D eigenvalue weighted by Crippen LogP contribution is -2.00. The van der Waals surface area contributed by atoms with Crippen LogP contribution >= 0.6 is 0 Å². The van der Waals surface area contributed by atoms with Crippen molar-refractivity contribution >= 4 is 12.2 Å². The summed E-state index contributed by atoms with van der Waals surface area (Å²) in [4.78, 5) is 16.5. The molecule has 5 heteroatoms. The number of oxime groups is 1. The van der Waals surface area contributed by atoms with Crippen molar-refractivity contribution in [2.45, 2.75) is 6.61 Å². The molecule has 0 aliphatic heterocycles. The van der Waals surface area contributed by atoms with E-state index in [0.29, 0.717) is 17.7 Å². The van der Waals surface area contributed by atoms with Gasteiger partial charge in [-0.3, -0.25) is 0 Å². The molecule has 0 saturated carbocycles. The Morgan fingerprint density at radius 3 is 2.45 bits per heavy atom. The lowest BCUT2D eigenvalue weighted by molar-refractivity contribution is 0.0600. The van der Waals surface area contributed by atoms with Crippen molar-refractivity contribution in [3.63, 3.8) is 0 Å². The Morgan fingerprint density at radius 2 is 1.86 bits per heavy atom. The number of carbonyl (C=O) groups excluding carboxylic acids is 1. The van der Waals surface area contributed by atoms with Crippen molar-refractivity contribution in [3.8, 4) is 6.07 Å². The fourth-order valence-corrected chi connectivity index (χ4v) is 1.71. The maximum atomic E-state index is 11.3. The van der Waals surface area contributed by atoms with Crippen LogP contribution < -0.4 is 0 Å². The van der Waals surface area contributed by atoms with Gasteiger partial charge in [0.05, 0.1) is 30.5 Å². The van der Waals surface area contributed by atoms with Gasteiger partial charge in [-0.2, -0.15) is 5.26 Å². The highest BCUT2D eigenvalue weighted by Crippen LogP contribution is 2.06. The van der Waals surface area contributed by atoms with Crippen LogP contribution in [0, 0.1) is 11.3 Å². The molecule has 0 aromatic heterocycles. The molecule has 0 N–H and O–H groups in total. The van der Waals surface area contributed by atoms with Gasteiger partial charge in [-0.1, -0.05) is 29.4 Å². The average molecular weight is 294 g/mol. The fourth-order valence-electron chi connectivity index (χ4n) is 1.71. The normalized spacial score (nSPS) is 10.2. The molecule has 0 bridgehead atoms. The van der Waals surface area contributed by atoms with Gasteiger partial charge in [0, 0.05) is 0 Å². The van der Waals surface area contributed by atoms with E-state index in [0.717, 1.165) is 11.1 Å². The summed E-state index contributed by atoms with van der Waals surface area (Å²) in [5.74, 6) is -0.374. The maximum absolute atomic E-state index is 11.3. The second-order valence-corrected chi connectivity index (χ2v) is 4.43. The predicted octanol–water partition coefficient (Wildman–Crippen LogP) is 2.90. The smallest absolute Gasteiger partial charge is 0.337 e. The number of methoxy groups -OCH3 is 1. The Kier molecular flexibility index (Phi) is 5.27. The van der Waals surface area contributed by atoms with Gasteiger partial charge in [-0.15, -0.1) is 0 Å². The van der Waals surface area contributed by atoms with E-state index in [1.54, 1.807) is 42.6 Å². The zero-order valence-corrected chi connectivity index (χ0v) is 12.0. The standard InChI is InChI=1S/C17H14N2O3/c1-21-17(20)16-8-6-14(7-9-16)11-19-22-12-15-4-2-13(10-18)3-5-15/h2-9,11H,12H2,1H3. The minimum absolute atomic E-state index is 0.322. The van der Waals surface area contributed by atoms with E-state index in [4.69, 9.17) is 10.1 Å². The fraction of sp³-hybridized carbons (Fsp3) is 0.118. The SMILES string of the molecule is COC(=O)c1ccc(C=NOCc2ccc(C#N)cc2)cc1. The summed E-state index contributed by atoms with van der Waals surface area (Å²) in [6, 6.07) is 16.0. The molecular weight excluding hydrogens is 280 g/mol. The van der Waals surface area contributed by atoms with Crippen molar-refractivity contribution in [1.82, 2.24) is 0 Å². The first-order valence-corrected chi connectivity index (χ1v) is 6.55. The molecule has 0 fully saturated rings. The Bertz CT molecular complexity index is 698. The molecule has 0 saturated heterocycles. The molecular formula is C17H14N2O3. The molecule has 0 amide bonds. The van der Waals surface area contributed by atoms with Crippen LogP contribution in [0.3, 0.4) is 0 Å². The van der Waals surface area contributed by atoms with Crippen molar-refractivity contribution in [1.29, 1.82) is 5.26 Å². The third-order valence-electron chi connectivity index (χ3n) is 2.92. The summed E-state index contributed by atoms with van der Waals surface area (Å²) in [6.45, 7) is 0.322. The zero-order chi connectivity index (χ0) is 15.8. The Balaban J connectivity index is 1.87. The van der Waals surface area contributed by atoms with Gasteiger partial charge in [-0.25, -0.2) is 4.79 Å². The van der Waals surface area contributed by atoms with Crippen LogP contribution in [0.1, 0.15) is 27.0 Å². The number of ether oxygens (including phenoxy) is 1. The van der Waals surface area contributed by atoms with Gasteiger partial charge >= 0.3 is 5.97 Å². The number of rotatable bonds is 5. The molecule has 110 valence electrons. The summed E-state index contributed by atoms with van der Waals surface area (Å²) in [5.41, 5.74) is 2.83. The number of esters is 1. The number of hydrogen-bond donors (Lipinski definition) is 0. The van der Waals surface area contributed by atoms with Crippen LogP contribution in [0.15, 0.2) is 53.7 Å². The van der Waals surface area contributed by atoms with Crippen LogP contribution in [0.25, 0.3) is 0 Å². The Hall–Kier alpha value is -3.13. The first-order chi connectivity index (χ1) is 10.7. The first kappa shape index (κ1) is 15.3. The Morgan fingerprint density at radius 1 is 1.18 bits per heavy atom.